The lowest BCUT2D eigenvalue weighted by Crippen LogP contribution is -2.29. The molecule has 0 aromatic rings. The first-order valence-electron chi connectivity index (χ1n) is 11.9. The maximum absolute atomic E-state index is 11.5. The normalized spacial score (nSPS) is 12.3. The van der Waals surface area contributed by atoms with E-state index in [1.165, 1.54) is 96.3 Å². The van der Waals surface area contributed by atoms with Crippen LogP contribution in [0.3, 0.4) is 0 Å². The maximum atomic E-state index is 11.5. The smallest absolute Gasteiger partial charge is 0.307 e. The molecular weight excluding hydrogens is 336 g/mol. The van der Waals surface area contributed by atoms with Gasteiger partial charge in [-0.3, -0.25) is 10.5 Å². The number of esters is 1. The zero-order valence-corrected chi connectivity index (χ0v) is 18.2. The van der Waals surface area contributed by atoms with Gasteiger partial charge in [0.25, 0.3) is 0 Å². The predicted molar refractivity (Wildman–Crippen MR) is 117 cm³/mol. The number of hydrogen-bond acceptors (Lipinski definition) is 4. The summed E-state index contributed by atoms with van der Waals surface area (Å²) in [5.74, 6) is -0.183. The highest BCUT2D eigenvalue weighted by molar-refractivity contribution is 5.69. The van der Waals surface area contributed by atoms with E-state index in [0.717, 1.165) is 12.8 Å². The van der Waals surface area contributed by atoms with Gasteiger partial charge in [0.1, 0.15) is 0 Å². The van der Waals surface area contributed by atoms with E-state index >= 15 is 0 Å². The summed E-state index contributed by atoms with van der Waals surface area (Å²) in [6.07, 6.45) is 23.3. The molecule has 0 heterocycles. The monoisotopic (exact) mass is 384 g/mol. The first kappa shape index (κ1) is 26.4. The molecule has 0 fully saturated rings. The Bertz CT molecular complexity index is 311. The second-order valence-corrected chi connectivity index (χ2v) is 8.01. The summed E-state index contributed by atoms with van der Waals surface area (Å²) in [5, 5.41) is 0. The van der Waals surface area contributed by atoms with Crippen LogP contribution in [-0.4, -0.2) is 18.7 Å². The molecule has 0 amide bonds. The number of rotatable bonds is 21. The van der Waals surface area contributed by atoms with Gasteiger partial charge in [0.15, 0.2) is 6.23 Å². The number of carbonyl (C=O) groups excluding carboxylic acids is 1. The molecule has 162 valence electrons. The summed E-state index contributed by atoms with van der Waals surface area (Å²) in [7, 11) is 0. The number of hydrogen-bond donors (Lipinski definition) is 2. The predicted octanol–water partition coefficient (Wildman–Crippen LogP) is 6.20. The zero-order valence-electron chi connectivity index (χ0n) is 18.2. The van der Waals surface area contributed by atoms with Crippen LogP contribution in [0.5, 0.6) is 0 Å². The Balaban J connectivity index is 3.13. The molecule has 1 atom stereocenters. The molecule has 27 heavy (non-hydrogen) atoms. The minimum absolute atomic E-state index is 0.183. The average molecular weight is 385 g/mol. The third-order valence-corrected chi connectivity index (χ3v) is 5.22. The summed E-state index contributed by atoms with van der Waals surface area (Å²) in [5.41, 5.74) is 11.0. The standard InChI is InChI=1S/C23H48N2O2/c1-2-3-4-5-6-7-8-9-10-11-12-13-14-15-16-17-18-19-23(26)27-22(25)20-21-24/h22H,2-21,24-25H2,1H3. The highest BCUT2D eigenvalue weighted by atomic mass is 16.6. The van der Waals surface area contributed by atoms with Gasteiger partial charge in [-0.05, 0) is 13.0 Å². The molecule has 4 N–H and O–H groups in total. The van der Waals surface area contributed by atoms with Crippen molar-refractivity contribution in [3.63, 3.8) is 0 Å². The van der Waals surface area contributed by atoms with Crippen molar-refractivity contribution in [2.45, 2.75) is 135 Å². The first-order chi connectivity index (χ1) is 13.2. The van der Waals surface area contributed by atoms with Crippen molar-refractivity contribution in [1.29, 1.82) is 0 Å². The SMILES string of the molecule is CCCCCCCCCCCCCCCCCCCC(=O)OC(N)CCN. The fourth-order valence-electron chi connectivity index (χ4n) is 3.45. The largest absolute Gasteiger partial charge is 0.447 e. The van der Waals surface area contributed by atoms with Gasteiger partial charge in [0.05, 0.1) is 0 Å². The lowest BCUT2D eigenvalue weighted by atomic mass is 10.0. The van der Waals surface area contributed by atoms with E-state index in [9.17, 15) is 4.79 Å². The van der Waals surface area contributed by atoms with E-state index < -0.39 is 6.23 Å². The van der Waals surface area contributed by atoms with Crippen molar-refractivity contribution in [2.75, 3.05) is 6.54 Å². The summed E-state index contributed by atoms with van der Waals surface area (Å²) in [6.45, 7) is 2.73. The minimum Gasteiger partial charge on any atom is -0.447 e. The number of ether oxygens (including phenoxy) is 1. The molecule has 0 aliphatic rings. The molecule has 0 saturated carbocycles. The lowest BCUT2D eigenvalue weighted by molar-refractivity contribution is -0.149. The first-order valence-corrected chi connectivity index (χ1v) is 11.9. The summed E-state index contributed by atoms with van der Waals surface area (Å²) in [6, 6.07) is 0. The third kappa shape index (κ3) is 21.5. The number of nitrogens with two attached hydrogens (primary N) is 2. The van der Waals surface area contributed by atoms with Gasteiger partial charge in [0, 0.05) is 12.8 Å². The molecule has 0 aromatic heterocycles. The van der Waals surface area contributed by atoms with E-state index in [0.29, 0.717) is 19.4 Å². The van der Waals surface area contributed by atoms with Crippen LogP contribution in [0.1, 0.15) is 129 Å². The van der Waals surface area contributed by atoms with Gasteiger partial charge >= 0.3 is 5.97 Å². The second kappa shape index (κ2) is 21.7. The molecule has 0 aromatic carbocycles. The van der Waals surface area contributed by atoms with Crippen molar-refractivity contribution in [3.8, 4) is 0 Å². The van der Waals surface area contributed by atoms with E-state index in [2.05, 4.69) is 6.92 Å². The Labute approximate surface area is 169 Å². The summed E-state index contributed by atoms with van der Waals surface area (Å²) >= 11 is 0. The van der Waals surface area contributed by atoms with E-state index in [-0.39, 0.29) is 5.97 Å². The molecule has 0 radical (unpaired) electrons. The van der Waals surface area contributed by atoms with Crippen LogP contribution in [0, 0.1) is 0 Å². The molecule has 0 rings (SSSR count). The van der Waals surface area contributed by atoms with Crippen LogP contribution >= 0.6 is 0 Å². The van der Waals surface area contributed by atoms with Crippen LogP contribution in [0.25, 0.3) is 0 Å². The van der Waals surface area contributed by atoms with Crippen LogP contribution in [0.15, 0.2) is 0 Å². The van der Waals surface area contributed by atoms with Crippen molar-refractivity contribution in [2.24, 2.45) is 11.5 Å². The van der Waals surface area contributed by atoms with Crippen LogP contribution in [0.4, 0.5) is 0 Å². The fourth-order valence-corrected chi connectivity index (χ4v) is 3.45. The van der Waals surface area contributed by atoms with Crippen LogP contribution < -0.4 is 11.5 Å². The third-order valence-electron chi connectivity index (χ3n) is 5.22. The quantitative estimate of drug-likeness (QED) is 0.140. The Morgan fingerprint density at radius 2 is 1.07 bits per heavy atom. The van der Waals surface area contributed by atoms with Crippen molar-refractivity contribution in [3.05, 3.63) is 0 Å². The lowest BCUT2D eigenvalue weighted by Gasteiger charge is -2.11. The van der Waals surface area contributed by atoms with E-state index in [1.807, 2.05) is 0 Å². The molecule has 0 aliphatic carbocycles. The zero-order chi connectivity index (χ0) is 20.0. The molecule has 1 unspecified atom stereocenters. The molecule has 0 spiro atoms. The summed E-state index contributed by atoms with van der Waals surface area (Å²) < 4.78 is 5.08. The van der Waals surface area contributed by atoms with Crippen molar-refractivity contribution >= 4 is 5.97 Å². The highest BCUT2D eigenvalue weighted by Crippen LogP contribution is 2.14. The molecule has 0 bridgehead atoms. The summed E-state index contributed by atoms with van der Waals surface area (Å²) in [4.78, 5) is 11.5. The second-order valence-electron chi connectivity index (χ2n) is 8.01. The van der Waals surface area contributed by atoms with Gasteiger partial charge in [-0.1, -0.05) is 110 Å². The van der Waals surface area contributed by atoms with Gasteiger partial charge in [0.2, 0.25) is 0 Å². The Morgan fingerprint density at radius 1 is 0.704 bits per heavy atom. The van der Waals surface area contributed by atoms with Crippen LogP contribution in [0.2, 0.25) is 0 Å². The van der Waals surface area contributed by atoms with Crippen molar-refractivity contribution in [1.82, 2.24) is 0 Å². The Kier molecular flexibility index (Phi) is 21.2. The van der Waals surface area contributed by atoms with E-state index in [4.69, 9.17) is 16.2 Å². The average Bonchev–Trinajstić information content (AvgIpc) is 2.64. The molecule has 0 aliphatic heterocycles. The van der Waals surface area contributed by atoms with Gasteiger partial charge in [-0.15, -0.1) is 0 Å². The number of carbonyl (C=O) groups is 1. The van der Waals surface area contributed by atoms with Crippen molar-refractivity contribution < 1.29 is 9.53 Å². The van der Waals surface area contributed by atoms with Gasteiger partial charge in [-0.25, -0.2) is 0 Å². The maximum Gasteiger partial charge on any atom is 0.307 e. The number of unbranched alkanes of at least 4 members (excludes halogenated alkanes) is 16. The topological polar surface area (TPSA) is 78.3 Å². The highest BCUT2D eigenvalue weighted by Gasteiger charge is 2.08. The van der Waals surface area contributed by atoms with Crippen LogP contribution in [-0.2, 0) is 9.53 Å². The molecule has 0 saturated heterocycles. The van der Waals surface area contributed by atoms with Gasteiger partial charge in [-0.2, -0.15) is 0 Å². The Hall–Kier alpha value is -0.610. The Morgan fingerprint density at radius 3 is 1.44 bits per heavy atom. The molecule has 4 nitrogen and oxygen atoms in total. The van der Waals surface area contributed by atoms with Gasteiger partial charge < -0.3 is 10.5 Å². The molecule has 4 heteroatoms. The fraction of sp³-hybridized carbons (Fsp3) is 0.957. The minimum atomic E-state index is -0.534. The molecular formula is C23H48N2O2. The van der Waals surface area contributed by atoms with E-state index in [1.54, 1.807) is 0 Å².